The number of hydrogen-bond donors (Lipinski definition) is 1. The summed E-state index contributed by atoms with van der Waals surface area (Å²) in [7, 11) is 0. The highest BCUT2D eigenvalue weighted by molar-refractivity contribution is 7.13. The first-order valence-electron chi connectivity index (χ1n) is 5.80. The zero-order chi connectivity index (χ0) is 12.4. The molecule has 0 aromatic carbocycles. The standard InChI is InChI=1S/C14H13N3S/c1-10-2-3-12(8-16-10)13-9-18-14(17-13)11-4-6-15-7-5-11/h2-7,9,16H,8H2,1H3. The maximum absolute atomic E-state index is 4.68. The summed E-state index contributed by atoms with van der Waals surface area (Å²) in [6.45, 7) is 2.92. The quantitative estimate of drug-likeness (QED) is 0.896. The summed E-state index contributed by atoms with van der Waals surface area (Å²) in [6.07, 6.45) is 7.81. The van der Waals surface area contributed by atoms with E-state index in [0.717, 1.165) is 22.8 Å². The van der Waals surface area contributed by atoms with Crippen molar-refractivity contribution in [2.45, 2.75) is 6.92 Å². The summed E-state index contributed by atoms with van der Waals surface area (Å²) in [4.78, 5) is 8.71. The van der Waals surface area contributed by atoms with Gasteiger partial charge in [0.2, 0.25) is 0 Å². The predicted molar refractivity (Wildman–Crippen MR) is 75.1 cm³/mol. The number of rotatable bonds is 2. The lowest BCUT2D eigenvalue weighted by atomic mass is 10.1. The van der Waals surface area contributed by atoms with Crippen LogP contribution >= 0.6 is 11.3 Å². The van der Waals surface area contributed by atoms with E-state index in [0.29, 0.717) is 0 Å². The topological polar surface area (TPSA) is 37.8 Å². The second kappa shape index (κ2) is 4.74. The minimum atomic E-state index is 0.849. The fraction of sp³-hybridized carbons (Fsp3) is 0.143. The van der Waals surface area contributed by atoms with Gasteiger partial charge in [-0.05, 0) is 30.7 Å². The van der Waals surface area contributed by atoms with E-state index in [9.17, 15) is 0 Å². The molecule has 1 aliphatic heterocycles. The SMILES string of the molecule is CC1=CC=C(c2csc(-c3ccncc3)n2)CN1. The number of thiazole rings is 1. The Balaban J connectivity index is 1.91. The molecule has 0 bridgehead atoms. The van der Waals surface area contributed by atoms with Crippen molar-refractivity contribution in [3.8, 4) is 10.6 Å². The van der Waals surface area contributed by atoms with Crippen molar-refractivity contribution < 1.29 is 0 Å². The molecule has 90 valence electrons. The molecular weight excluding hydrogens is 242 g/mol. The fourth-order valence-corrected chi connectivity index (χ4v) is 2.65. The summed E-state index contributed by atoms with van der Waals surface area (Å²) in [5, 5.41) is 6.48. The van der Waals surface area contributed by atoms with Gasteiger partial charge in [-0.3, -0.25) is 4.98 Å². The van der Waals surface area contributed by atoms with Crippen molar-refractivity contribution in [2.24, 2.45) is 0 Å². The molecule has 4 heteroatoms. The number of nitrogens with one attached hydrogen (secondary N) is 1. The van der Waals surface area contributed by atoms with Gasteiger partial charge in [0.25, 0.3) is 0 Å². The Hall–Kier alpha value is -1.94. The number of dihydropyridines is 1. The molecule has 0 saturated heterocycles. The largest absolute Gasteiger partial charge is 0.384 e. The monoisotopic (exact) mass is 255 g/mol. The average Bonchev–Trinajstić information content (AvgIpc) is 2.90. The predicted octanol–water partition coefficient (Wildman–Crippen LogP) is 3.10. The molecule has 0 spiro atoms. The number of aromatic nitrogens is 2. The summed E-state index contributed by atoms with van der Waals surface area (Å²) in [6, 6.07) is 3.97. The Bertz CT molecular complexity index is 611. The highest BCUT2D eigenvalue weighted by Crippen LogP contribution is 2.26. The fourth-order valence-electron chi connectivity index (χ4n) is 1.80. The van der Waals surface area contributed by atoms with E-state index in [4.69, 9.17) is 0 Å². The number of nitrogens with zero attached hydrogens (tertiary/aromatic N) is 2. The molecule has 0 atom stereocenters. The highest BCUT2D eigenvalue weighted by Gasteiger charge is 2.10. The number of hydrogen-bond acceptors (Lipinski definition) is 4. The van der Waals surface area contributed by atoms with Crippen LogP contribution in [0.15, 0.2) is 47.8 Å². The normalized spacial score (nSPS) is 14.7. The van der Waals surface area contributed by atoms with Gasteiger partial charge in [-0.2, -0.15) is 0 Å². The second-order valence-electron chi connectivity index (χ2n) is 4.17. The van der Waals surface area contributed by atoms with Gasteiger partial charge in [0, 0.05) is 35.6 Å². The van der Waals surface area contributed by atoms with E-state index >= 15 is 0 Å². The van der Waals surface area contributed by atoms with Gasteiger partial charge >= 0.3 is 0 Å². The van der Waals surface area contributed by atoms with Gasteiger partial charge in [-0.1, -0.05) is 6.08 Å². The van der Waals surface area contributed by atoms with Crippen LogP contribution in [0.25, 0.3) is 16.1 Å². The number of pyridine rings is 1. The minimum Gasteiger partial charge on any atom is -0.384 e. The zero-order valence-corrected chi connectivity index (χ0v) is 10.9. The second-order valence-corrected chi connectivity index (χ2v) is 5.03. The molecule has 0 unspecified atom stereocenters. The molecule has 2 aromatic heterocycles. The highest BCUT2D eigenvalue weighted by atomic mass is 32.1. The lowest BCUT2D eigenvalue weighted by molar-refractivity contribution is 0.900. The average molecular weight is 255 g/mol. The first-order valence-corrected chi connectivity index (χ1v) is 6.68. The van der Waals surface area contributed by atoms with E-state index in [2.05, 4.69) is 39.7 Å². The van der Waals surface area contributed by atoms with Crippen molar-refractivity contribution in [3.63, 3.8) is 0 Å². The molecule has 3 rings (SSSR count). The van der Waals surface area contributed by atoms with E-state index in [1.807, 2.05) is 12.1 Å². The molecule has 0 amide bonds. The van der Waals surface area contributed by atoms with E-state index in [1.165, 1.54) is 11.3 Å². The molecule has 0 saturated carbocycles. The van der Waals surface area contributed by atoms with Crippen molar-refractivity contribution >= 4 is 16.9 Å². The van der Waals surface area contributed by atoms with Crippen LogP contribution in [0.4, 0.5) is 0 Å². The molecule has 1 aliphatic rings. The van der Waals surface area contributed by atoms with Crippen molar-refractivity contribution in [1.82, 2.24) is 15.3 Å². The Morgan fingerprint density at radius 2 is 2.06 bits per heavy atom. The van der Waals surface area contributed by atoms with Crippen LogP contribution in [0, 0.1) is 0 Å². The summed E-state index contributed by atoms with van der Waals surface area (Å²) in [5.41, 5.74) is 4.61. The van der Waals surface area contributed by atoms with Gasteiger partial charge in [0.05, 0.1) is 5.69 Å². The minimum absolute atomic E-state index is 0.849. The van der Waals surface area contributed by atoms with Crippen LogP contribution in [0.1, 0.15) is 12.6 Å². The molecule has 3 heterocycles. The van der Waals surface area contributed by atoms with Crippen molar-refractivity contribution in [2.75, 3.05) is 6.54 Å². The van der Waals surface area contributed by atoms with Crippen molar-refractivity contribution in [1.29, 1.82) is 0 Å². The Morgan fingerprint density at radius 1 is 1.22 bits per heavy atom. The van der Waals surface area contributed by atoms with Crippen LogP contribution in [-0.2, 0) is 0 Å². The van der Waals surface area contributed by atoms with E-state index in [-0.39, 0.29) is 0 Å². The van der Waals surface area contributed by atoms with Gasteiger partial charge < -0.3 is 5.32 Å². The maximum Gasteiger partial charge on any atom is 0.124 e. The third kappa shape index (κ3) is 2.19. The van der Waals surface area contributed by atoms with Gasteiger partial charge in [0.1, 0.15) is 5.01 Å². The van der Waals surface area contributed by atoms with Crippen LogP contribution in [0.2, 0.25) is 0 Å². The smallest absolute Gasteiger partial charge is 0.124 e. The first-order chi connectivity index (χ1) is 8.83. The Morgan fingerprint density at radius 3 is 2.78 bits per heavy atom. The number of allylic oxidation sites excluding steroid dienone is 3. The van der Waals surface area contributed by atoms with Crippen LogP contribution < -0.4 is 5.32 Å². The van der Waals surface area contributed by atoms with Gasteiger partial charge in [-0.15, -0.1) is 11.3 Å². The molecule has 0 radical (unpaired) electrons. The molecule has 3 nitrogen and oxygen atoms in total. The summed E-state index contributed by atoms with van der Waals surface area (Å²) >= 11 is 1.67. The van der Waals surface area contributed by atoms with Crippen LogP contribution in [0.3, 0.4) is 0 Å². The molecule has 2 aromatic rings. The van der Waals surface area contributed by atoms with E-state index < -0.39 is 0 Å². The first kappa shape index (κ1) is 11.2. The zero-order valence-electron chi connectivity index (χ0n) is 10.1. The maximum atomic E-state index is 4.68. The summed E-state index contributed by atoms with van der Waals surface area (Å²) < 4.78 is 0. The lowest BCUT2D eigenvalue weighted by Gasteiger charge is -2.12. The molecule has 1 N–H and O–H groups in total. The summed E-state index contributed by atoms with van der Waals surface area (Å²) in [5.74, 6) is 0. The third-order valence-corrected chi connectivity index (χ3v) is 3.74. The molecule has 18 heavy (non-hydrogen) atoms. The third-order valence-electron chi connectivity index (χ3n) is 2.85. The van der Waals surface area contributed by atoms with Crippen molar-refractivity contribution in [3.05, 3.63) is 53.4 Å². The van der Waals surface area contributed by atoms with E-state index in [1.54, 1.807) is 23.7 Å². The molecule has 0 aliphatic carbocycles. The Labute approximate surface area is 110 Å². The van der Waals surface area contributed by atoms with Crippen LogP contribution in [0.5, 0.6) is 0 Å². The molecular formula is C14H13N3S. The lowest BCUT2D eigenvalue weighted by Crippen LogP contribution is -2.17. The van der Waals surface area contributed by atoms with Gasteiger partial charge in [0.15, 0.2) is 0 Å². The van der Waals surface area contributed by atoms with Gasteiger partial charge in [-0.25, -0.2) is 4.98 Å². The Kier molecular flexibility index (Phi) is 2.94. The molecule has 0 fully saturated rings. The van der Waals surface area contributed by atoms with Crippen LogP contribution in [-0.4, -0.2) is 16.5 Å².